The van der Waals surface area contributed by atoms with Gasteiger partial charge in [-0.2, -0.15) is 4.31 Å². The second-order valence-electron chi connectivity index (χ2n) is 6.20. The van der Waals surface area contributed by atoms with E-state index < -0.39 is 21.4 Å². The molecule has 1 aliphatic heterocycles. The molecule has 144 valence electrons. The first kappa shape index (κ1) is 19.1. The van der Waals surface area contributed by atoms with Crippen LogP contribution in [-0.4, -0.2) is 56.0 Å². The lowest BCUT2D eigenvalue weighted by Gasteiger charge is -2.32. The molecule has 0 unspecified atom stereocenters. The van der Waals surface area contributed by atoms with Gasteiger partial charge >= 0.3 is 0 Å². The molecule has 0 aliphatic carbocycles. The number of sulfonamides is 1. The molecule has 1 saturated heterocycles. The summed E-state index contributed by atoms with van der Waals surface area (Å²) >= 11 is 0. The Kier molecular flexibility index (Phi) is 5.62. The smallest absolute Gasteiger partial charge is 0.289 e. The lowest BCUT2D eigenvalue weighted by Crippen LogP contribution is -2.50. The molecule has 0 spiro atoms. The summed E-state index contributed by atoms with van der Waals surface area (Å²) in [5.74, 6) is -0.521. The molecular weight excluding hydrogens is 372 g/mol. The highest BCUT2D eigenvalue weighted by molar-refractivity contribution is 7.88. The lowest BCUT2D eigenvalue weighted by atomic mass is 10.2. The van der Waals surface area contributed by atoms with Gasteiger partial charge in [0.2, 0.25) is 21.2 Å². The van der Waals surface area contributed by atoms with E-state index in [4.69, 9.17) is 9.15 Å². The Balaban J connectivity index is 1.63. The summed E-state index contributed by atoms with van der Waals surface area (Å²) < 4.78 is 35.1. The number of benzene rings is 1. The topological polar surface area (TPSA) is 97.1 Å². The molecule has 1 fully saturated rings. The average Bonchev–Trinajstić information content (AvgIpc) is 2.66. The quantitative estimate of drug-likeness (QED) is 0.751. The van der Waals surface area contributed by atoms with Crippen LogP contribution in [-0.2, 0) is 16.6 Å². The number of hydrogen-bond donors (Lipinski definition) is 0. The highest BCUT2D eigenvalue weighted by Gasteiger charge is 2.28. The zero-order valence-electron chi connectivity index (χ0n) is 14.8. The summed E-state index contributed by atoms with van der Waals surface area (Å²) in [6.07, 6.45) is 2.27. The van der Waals surface area contributed by atoms with Gasteiger partial charge in [-0.05, 0) is 5.56 Å². The molecule has 0 atom stereocenters. The van der Waals surface area contributed by atoms with E-state index in [2.05, 4.69) is 0 Å². The molecule has 1 aromatic heterocycles. The number of nitrogens with zero attached hydrogens (tertiary/aromatic N) is 2. The van der Waals surface area contributed by atoms with Crippen LogP contribution in [0.2, 0.25) is 0 Å². The van der Waals surface area contributed by atoms with E-state index in [0.29, 0.717) is 0 Å². The van der Waals surface area contributed by atoms with E-state index in [1.807, 2.05) is 30.3 Å². The Labute approximate surface area is 157 Å². The van der Waals surface area contributed by atoms with E-state index in [0.717, 1.165) is 24.1 Å². The maximum Gasteiger partial charge on any atom is 0.289 e. The molecule has 1 aliphatic rings. The fourth-order valence-electron chi connectivity index (χ4n) is 2.73. The van der Waals surface area contributed by atoms with Gasteiger partial charge in [-0.15, -0.1) is 0 Å². The summed E-state index contributed by atoms with van der Waals surface area (Å²) in [7, 11) is -3.28. The minimum atomic E-state index is -3.28. The summed E-state index contributed by atoms with van der Waals surface area (Å²) in [6, 6.07) is 10.5. The molecule has 2 heterocycles. The summed E-state index contributed by atoms with van der Waals surface area (Å²) in [4.78, 5) is 26.1. The van der Waals surface area contributed by atoms with Crippen LogP contribution in [0.15, 0.2) is 51.9 Å². The van der Waals surface area contributed by atoms with Crippen LogP contribution in [0, 0.1) is 0 Å². The Morgan fingerprint density at radius 1 is 1.15 bits per heavy atom. The normalized spacial score (nSPS) is 15.5. The Bertz CT molecular complexity index is 963. The molecule has 8 nitrogen and oxygen atoms in total. The standard InChI is InChI=1S/C18H20N2O6S/c1-27(23,24)20-9-7-19(8-10-20)18(22)16-11-15(21)17(13-26-16)25-12-14-5-3-2-4-6-14/h2-6,11,13H,7-10,12H2,1H3. The molecule has 0 radical (unpaired) electrons. The summed E-state index contributed by atoms with van der Waals surface area (Å²) in [5.41, 5.74) is 0.455. The largest absolute Gasteiger partial charge is 0.482 e. The monoisotopic (exact) mass is 392 g/mol. The number of piperazine rings is 1. The van der Waals surface area contributed by atoms with E-state index in [9.17, 15) is 18.0 Å². The molecule has 3 rings (SSSR count). The van der Waals surface area contributed by atoms with Crippen molar-refractivity contribution in [3.8, 4) is 5.75 Å². The molecular formula is C18H20N2O6S. The van der Waals surface area contributed by atoms with Crippen molar-refractivity contribution >= 4 is 15.9 Å². The van der Waals surface area contributed by atoms with E-state index in [1.54, 1.807) is 0 Å². The van der Waals surface area contributed by atoms with Crippen LogP contribution in [0.25, 0.3) is 0 Å². The molecule has 9 heteroatoms. The number of amides is 1. The molecule has 1 amide bonds. The van der Waals surface area contributed by atoms with Crippen molar-refractivity contribution < 1.29 is 22.4 Å². The minimum absolute atomic E-state index is 0.0253. The molecule has 1 aromatic carbocycles. The third-order valence-electron chi connectivity index (χ3n) is 4.24. The first-order valence-electron chi connectivity index (χ1n) is 8.38. The van der Waals surface area contributed by atoms with Gasteiger partial charge in [0, 0.05) is 32.2 Å². The van der Waals surface area contributed by atoms with Crippen molar-refractivity contribution in [3.05, 3.63) is 64.2 Å². The fourth-order valence-corrected chi connectivity index (χ4v) is 3.56. The maximum atomic E-state index is 12.5. The first-order valence-corrected chi connectivity index (χ1v) is 10.2. The number of carbonyl (C=O) groups is 1. The highest BCUT2D eigenvalue weighted by atomic mass is 32.2. The van der Waals surface area contributed by atoms with Crippen molar-refractivity contribution in [2.75, 3.05) is 32.4 Å². The van der Waals surface area contributed by atoms with Crippen molar-refractivity contribution in [1.82, 2.24) is 9.21 Å². The second kappa shape index (κ2) is 7.93. The molecule has 27 heavy (non-hydrogen) atoms. The zero-order valence-corrected chi connectivity index (χ0v) is 15.6. The van der Waals surface area contributed by atoms with Crippen LogP contribution >= 0.6 is 0 Å². The Morgan fingerprint density at radius 3 is 2.41 bits per heavy atom. The fraction of sp³-hybridized carbons (Fsp3) is 0.333. The van der Waals surface area contributed by atoms with E-state index in [-0.39, 0.29) is 44.3 Å². The predicted molar refractivity (Wildman–Crippen MR) is 98.1 cm³/mol. The minimum Gasteiger partial charge on any atom is -0.482 e. The second-order valence-corrected chi connectivity index (χ2v) is 8.18. The summed E-state index contributed by atoms with van der Waals surface area (Å²) in [5, 5.41) is 0. The lowest BCUT2D eigenvalue weighted by molar-refractivity contribution is 0.0662. The SMILES string of the molecule is CS(=O)(=O)N1CCN(C(=O)c2cc(=O)c(OCc3ccccc3)co2)CC1. The van der Waals surface area contributed by atoms with Gasteiger partial charge < -0.3 is 14.1 Å². The number of rotatable bonds is 5. The van der Waals surface area contributed by atoms with Gasteiger partial charge in [-0.25, -0.2) is 8.42 Å². The average molecular weight is 392 g/mol. The Hall–Kier alpha value is -2.65. The third kappa shape index (κ3) is 4.75. The van der Waals surface area contributed by atoms with Crippen molar-refractivity contribution in [1.29, 1.82) is 0 Å². The zero-order chi connectivity index (χ0) is 19.4. The van der Waals surface area contributed by atoms with Crippen molar-refractivity contribution in [2.24, 2.45) is 0 Å². The third-order valence-corrected chi connectivity index (χ3v) is 5.54. The van der Waals surface area contributed by atoms with Crippen molar-refractivity contribution in [3.63, 3.8) is 0 Å². The maximum absolute atomic E-state index is 12.5. The molecule has 0 saturated carbocycles. The van der Waals surface area contributed by atoms with Crippen LogP contribution < -0.4 is 10.2 Å². The van der Waals surface area contributed by atoms with Crippen LogP contribution in [0.3, 0.4) is 0 Å². The van der Waals surface area contributed by atoms with Gasteiger partial charge in [0.25, 0.3) is 5.91 Å². The van der Waals surface area contributed by atoms with E-state index >= 15 is 0 Å². The molecule has 0 bridgehead atoms. The number of ether oxygens (including phenoxy) is 1. The Morgan fingerprint density at radius 2 is 1.81 bits per heavy atom. The van der Waals surface area contributed by atoms with Crippen LogP contribution in [0.1, 0.15) is 16.1 Å². The summed E-state index contributed by atoms with van der Waals surface area (Å²) in [6.45, 7) is 1.12. The van der Waals surface area contributed by atoms with Gasteiger partial charge in [-0.3, -0.25) is 9.59 Å². The van der Waals surface area contributed by atoms with Gasteiger partial charge in [0.1, 0.15) is 12.9 Å². The number of carbonyl (C=O) groups excluding carboxylic acids is 1. The number of hydrogen-bond acceptors (Lipinski definition) is 6. The van der Waals surface area contributed by atoms with Crippen LogP contribution in [0.5, 0.6) is 5.75 Å². The highest BCUT2D eigenvalue weighted by Crippen LogP contribution is 2.13. The van der Waals surface area contributed by atoms with Gasteiger partial charge in [-0.1, -0.05) is 30.3 Å². The van der Waals surface area contributed by atoms with Crippen molar-refractivity contribution in [2.45, 2.75) is 6.61 Å². The van der Waals surface area contributed by atoms with Gasteiger partial charge in [0.15, 0.2) is 5.76 Å². The van der Waals surface area contributed by atoms with Crippen LogP contribution in [0.4, 0.5) is 0 Å². The molecule has 0 N–H and O–H groups in total. The first-order chi connectivity index (χ1) is 12.8. The van der Waals surface area contributed by atoms with E-state index in [1.165, 1.54) is 9.21 Å². The molecule has 2 aromatic rings. The predicted octanol–water partition coefficient (Wildman–Crippen LogP) is 0.936. The van der Waals surface area contributed by atoms with Gasteiger partial charge in [0.05, 0.1) is 6.26 Å².